The van der Waals surface area contributed by atoms with Crippen molar-refractivity contribution in [2.75, 3.05) is 22.9 Å². The quantitative estimate of drug-likeness (QED) is 0.0137. The molecule has 4 aromatic carbocycles. The molecule has 8 N–H and O–H groups in total. The Morgan fingerprint density at radius 1 is 0.479 bits per heavy atom. The first-order valence-corrected chi connectivity index (χ1v) is 25.2. The van der Waals surface area contributed by atoms with Crippen LogP contribution >= 0.6 is 0 Å². The molecule has 0 aliphatic heterocycles. The van der Waals surface area contributed by atoms with Crippen molar-refractivity contribution in [1.82, 2.24) is 0 Å². The highest BCUT2D eigenvalue weighted by Crippen LogP contribution is 2.32. The summed E-state index contributed by atoms with van der Waals surface area (Å²) >= 11 is 0. The van der Waals surface area contributed by atoms with Crippen molar-refractivity contribution >= 4 is 58.8 Å². The number of esters is 4. The van der Waals surface area contributed by atoms with Crippen LogP contribution in [-0.2, 0) is 41.8 Å². The second kappa shape index (κ2) is 29.8. The minimum atomic E-state index is -0.481. The summed E-state index contributed by atoms with van der Waals surface area (Å²) in [6.45, 7) is 7.71. The van der Waals surface area contributed by atoms with Gasteiger partial charge in [-0.3, -0.25) is 0 Å². The molecule has 0 atom stereocenters. The van der Waals surface area contributed by atoms with Crippen LogP contribution in [0.4, 0.5) is 22.7 Å². The number of rotatable bonds is 23. The van der Waals surface area contributed by atoms with Crippen LogP contribution < -0.4 is 22.9 Å². The van der Waals surface area contributed by atoms with Gasteiger partial charge in [-0.1, -0.05) is 68.5 Å². The minimum absolute atomic E-state index is 0.000766. The molecule has 0 aromatic heterocycles. The Balaban J connectivity index is 0.000000264. The van der Waals surface area contributed by atoms with Gasteiger partial charge in [-0.2, -0.15) is 0 Å². The van der Waals surface area contributed by atoms with Crippen LogP contribution in [0.15, 0.2) is 122 Å². The van der Waals surface area contributed by atoms with Gasteiger partial charge in [0.1, 0.15) is 25.4 Å². The number of hydrogen-bond donors (Lipinski definition) is 4. The highest BCUT2D eigenvalue weighted by atomic mass is 16.6. The summed E-state index contributed by atoms with van der Waals surface area (Å²) in [5.74, 6) is -0.0467. The van der Waals surface area contributed by atoms with Crippen LogP contribution in [0, 0.1) is 11.8 Å². The number of hydrogen-bond acceptors (Lipinski definition) is 12. The van der Waals surface area contributed by atoms with E-state index in [9.17, 15) is 19.2 Å². The largest absolute Gasteiger partial charge is 0.459 e. The van der Waals surface area contributed by atoms with Crippen molar-refractivity contribution in [3.63, 3.8) is 0 Å². The molecule has 2 aliphatic carbocycles. The molecule has 0 unspecified atom stereocenters. The van der Waals surface area contributed by atoms with E-state index in [0.29, 0.717) is 33.9 Å². The van der Waals surface area contributed by atoms with Gasteiger partial charge in [0.25, 0.3) is 0 Å². The van der Waals surface area contributed by atoms with Gasteiger partial charge >= 0.3 is 23.9 Å². The lowest BCUT2D eigenvalue weighted by Crippen LogP contribution is -2.24. The summed E-state index contributed by atoms with van der Waals surface area (Å²) in [6, 6.07) is 24.1. The summed E-state index contributed by atoms with van der Waals surface area (Å²) in [4.78, 5) is 49.2. The highest BCUT2D eigenvalue weighted by molar-refractivity contribution is 5.91. The van der Waals surface area contributed by atoms with E-state index < -0.39 is 11.9 Å². The first-order chi connectivity index (χ1) is 34.3. The Kier molecular flexibility index (Phi) is 23.1. The van der Waals surface area contributed by atoms with Crippen LogP contribution in [0.2, 0.25) is 0 Å². The molecule has 0 spiro atoms. The summed E-state index contributed by atoms with van der Waals surface area (Å²) in [7, 11) is 0. The normalized spacial score (nSPS) is 17.6. The number of carbonyl (C=O) groups is 4. The number of unbranched alkanes of at least 4 members (excludes halogenated alkanes) is 5. The molecule has 12 nitrogen and oxygen atoms in total. The van der Waals surface area contributed by atoms with E-state index in [2.05, 4.69) is 13.2 Å². The Labute approximate surface area is 420 Å². The van der Waals surface area contributed by atoms with Crippen molar-refractivity contribution in [3.05, 3.63) is 156 Å². The fourth-order valence-corrected chi connectivity index (χ4v) is 8.99. The molecule has 2 saturated carbocycles. The zero-order valence-corrected chi connectivity index (χ0v) is 41.3. The van der Waals surface area contributed by atoms with Crippen molar-refractivity contribution in [1.29, 1.82) is 0 Å². The Morgan fingerprint density at radius 2 is 0.831 bits per heavy atom. The van der Waals surface area contributed by atoms with Crippen molar-refractivity contribution in [3.8, 4) is 0 Å². The molecule has 4 aromatic rings. The third kappa shape index (κ3) is 20.8. The second-order valence-electron chi connectivity index (χ2n) is 18.7. The SMILES string of the molecule is C=CCCCCC1CCC(OC(=O)c2ccc(/C=C/C(=O)OCc3cc(N)cc(N)c3)cc2)CC1.C=CCCCCCC1CCC(OC(=O)c2ccc(/C=C/C(=O)OCc3cc(N)cc(N)c3)cc2)CC1. The summed E-state index contributed by atoms with van der Waals surface area (Å²) in [5.41, 5.74) is 29.1. The predicted octanol–water partition coefficient (Wildman–Crippen LogP) is 12.5. The maximum Gasteiger partial charge on any atom is 0.338 e. The second-order valence-corrected chi connectivity index (χ2v) is 18.7. The monoisotopic (exact) mass is 967 g/mol. The summed E-state index contributed by atoms with van der Waals surface area (Å²) < 4.78 is 22.0. The zero-order valence-electron chi connectivity index (χ0n) is 41.3. The first kappa shape index (κ1) is 54.9. The topological polar surface area (TPSA) is 209 Å². The number of anilines is 4. The average molecular weight is 967 g/mol. The van der Waals surface area contributed by atoms with E-state index in [0.717, 1.165) is 98.3 Å². The van der Waals surface area contributed by atoms with Crippen molar-refractivity contribution < 1.29 is 38.1 Å². The summed E-state index contributed by atoms with van der Waals surface area (Å²) in [6.07, 6.45) is 29.2. The summed E-state index contributed by atoms with van der Waals surface area (Å²) in [5, 5.41) is 0. The fraction of sp³-hybridized carbons (Fsp3) is 0.390. The maximum atomic E-state index is 12.6. The molecule has 2 fully saturated rings. The molecule has 12 heteroatoms. The Morgan fingerprint density at radius 3 is 1.20 bits per heavy atom. The molecule has 0 heterocycles. The lowest BCUT2D eigenvalue weighted by Gasteiger charge is -2.28. The number of allylic oxidation sites excluding steroid dienone is 2. The number of ether oxygens (including phenoxy) is 4. The number of carbonyl (C=O) groups excluding carboxylic acids is 4. The fourth-order valence-electron chi connectivity index (χ4n) is 8.99. The molecule has 0 radical (unpaired) electrons. The van der Waals surface area contributed by atoms with E-state index >= 15 is 0 Å². The number of benzene rings is 4. The lowest BCUT2D eigenvalue weighted by molar-refractivity contribution is -0.139. The van der Waals surface area contributed by atoms with Gasteiger partial charge in [-0.25, -0.2) is 19.2 Å². The average Bonchev–Trinajstić information content (AvgIpc) is 3.36. The van der Waals surface area contributed by atoms with Crippen LogP contribution in [0.5, 0.6) is 0 Å². The Hall–Kier alpha value is -7.08. The van der Waals surface area contributed by atoms with E-state index in [1.54, 1.807) is 97.1 Å². The smallest absolute Gasteiger partial charge is 0.338 e. The molecule has 2 aliphatic rings. The molecule has 6 rings (SSSR count). The predicted molar refractivity (Wildman–Crippen MR) is 285 cm³/mol. The van der Waals surface area contributed by atoms with Gasteiger partial charge in [0.05, 0.1) is 11.1 Å². The highest BCUT2D eigenvalue weighted by Gasteiger charge is 2.25. The van der Waals surface area contributed by atoms with Crippen LogP contribution in [-0.4, -0.2) is 36.1 Å². The third-order valence-electron chi connectivity index (χ3n) is 12.9. The molecule has 0 saturated heterocycles. The van der Waals surface area contributed by atoms with Crippen molar-refractivity contribution in [2.45, 2.75) is 135 Å². The number of nitrogen functional groups attached to an aromatic ring is 4. The van der Waals surface area contributed by atoms with Gasteiger partial charge in [0.15, 0.2) is 0 Å². The number of nitrogens with two attached hydrogens (primary N) is 4. The molecular formula is C59H74N4O8. The van der Waals surface area contributed by atoms with Gasteiger partial charge in [0, 0.05) is 34.9 Å². The van der Waals surface area contributed by atoms with Gasteiger partial charge in [-0.15, -0.1) is 13.2 Å². The zero-order chi connectivity index (χ0) is 50.8. The first-order valence-electron chi connectivity index (χ1n) is 25.2. The minimum Gasteiger partial charge on any atom is -0.459 e. The van der Waals surface area contributed by atoms with E-state index in [1.165, 1.54) is 57.1 Å². The van der Waals surface area contributed by atoms with E-state index in [-0.39, 0.29) is 37.4 Å². The van der Waals surface area contributed by atoms with Crippen LogP contribution in [0.3, 0.4) is 0 Å². The van der Waals surface area contributed by atoms with Crippen LogP contribution in [0.1, 0.15) is 152 Å². The van der Waals surface area contributed by atoms with E-state index in [1.807, 2.05) is 12.2 Å². The van der Waals surface area contributed by atoms with Crippen molar-refractivity contribution in [2.24, 2.45) is 11.8 Å². The lowest BCUT2D eigenvalue weighted by atomic mass is 9.84. The van der Waals surface area contributed by atoms with Crippen LogP contribution in [0.25, 0.3) is 12.2 Å². The van der Waals surface area contributed by atoms with Gasteiger partial charge < -0.3 is 41.9 Å². The maximum absolute atomic E-state index is 12.6. The molecule has 71 heavy (non-hydrogen) atoms. The molecular weight excluding hydrogens is 893 g/mol. The Bertz CT molecular complexity index is 2350. The third-order valence-corrected chi connectivity index (χ3v) is 12.9. The molecule has 0 amide bonds. The molecule has 0 bridgehead atoms. The van der Waals surface area contributed by atoms with Gasteiger partial charge in [-0.05, 0) is 184 Å². The standard InChI is InChI=1S/C30H38N2O4.C29H36N2O4/c1-2-3-4-5-6-7-22-10-15-28(16-11-22)36-30(34)25-13-8-23(9-14-25)12-17-29(33)35-21-24-18-26(31)20-27(32)19-24;1-2-3-4-5-6-21-9-14-27(15-10-21)35-29(33)24-12-7-22(8-13-24)11-16-28(32)34-20-23-17-25(30)19-26(31)18-23/h2,8-9,12-14,17-20,22,28H,1,3-7,10-11,15-16,21,31-32H2;2,7-8,11-13,16-19,21,27H,1,3-6,9-10,14-15,20,30-31H2/b17-12+;16-11+. The van der Waals surface area contributed by atoms with E-state index in [4.69, 9.17) is 41.9 Å². The van der Waals surface area contributed by atoms with Gasteiger partial charge in [0.2, 0.25) is 0 Å². The molecule has 378 valence electrons.